The van der Waals surface area contributed by atoms with E-state index in [-0.39, 0.29) is 7.92 Å². The molecule has 0 spiro atoms. The lowest BCUT2D eigenvalue weighted by molar-refractivity contribution is 0.831. The predicted molar refractivity (Wildman–Crippen MR) is 108 cm³/mol. The van der Waals surface area contributed by atoms with Crippen LogP contribution in [-0.4, -0.2) is 19.3 Å². The average Bonchev–Trinajstić information content (AvgIpc) is 2.65. The number of nitrogens with one attached hydrogen (secondary N) is 2. The molecule has 0 bridgehead atoms. The van der Waals surface area contributed by atoms with Gasteiger partial charge in [-0.25, -0.2) is 0 Å². The van der Waals surface area contributed by atoms with Gasteiger partial charge in [-0.15, -0.1) is 0 Å². The third kappa shape index (κ3) is 2.93. The maximum absolute atomic E-state index is 3.72. The lowest BCUT2D eigenvalue weighted by Gasteiger charge is -2.30. The van der Waals surface area contributed by atoms with Gasteiger partial charge in [-0.2, -0.15) is 0 Å². The highest BCUT2D eigenvalue weighted by Gasteiger charge is 2.24. The Morgan fingerprint density at radius 2 is 1.38 bits per heavy atom. The molecule has 4 rings (SSSR count). The van der Waals surface area contributed by atoms with Gasteiger partial charge >= 0.3 is 0 Å². The van der Waals surface area contributed by atoms with Gasteiger partial charge in [-0.05, 0) is 50.9 Å². The molecule has 0 atom stereocenters. The molecule has 0 aromatic heterocycles. The molecule has 2 aliphatic rings. The average molecular weight is 338 g/mol. The van der Waals surface area contributed by atoms with Crippen molar-refractivity contribution in [1.29, 1.82) is 0 Å². The van der Waals surface area contributed by atoms with Crippen LogP contribution in [-0.2, 0) is 12.8 Å². The van der Waals surface area contributed by atoms with Gasteiger partial charge in [0, 0.05) is 35.1 Å². The summed E-state index contributed by atoms with van der Waals surface area (Å²) in [6.45, 7) is 4.55. The smallest absolute Gasteiger partial charge is 0.0454 e. The van der Waals surface area contributed by atoms with E-state index in [1.165, 1.54) is 60.8 Å². The normalized spacial score (nSPS) is 16.1. The molecule has 2 aromatic rings. The third-order valence-corrected chi connectivity index (χ3v) is 7.94. The first-order chi connectivity index (χ1) is 11.9. The van der Waals surface area contributed by atoms with Crippen molar-refractivity contribution in [2.45, 2.75) is 39.0 Å². The lowest BCUT2D eigenvalue weighted by Crippen LogP contribution is -2.26. The zero-order valence-electron chi connectivity index (χ0n) is 14.6. The van der Waals surface area contributed by atoms with Gasteiger partial charge in [0.1, 0.15) is 0 Å². The quantitative estimate of drug-likeness (QED) is 0.815. The lowest BCUT2D eigenvalue weighted by atomic mass is 10.0. The Bertz CT molecular complexity index is 666. The number of fused-ring (bicyclic) bond motifs is 2. The van der Waals surface area contributed by atoms with Gasteiger partial charge in [0.05, 0.1) is 0 Å². The van der Waals surface area contributed by atoms with Crippen molar-refractivity contribution in [3.63, 3.8) is 0 Å². The van der Waals surface area contributed by atoms with Crippen LogP contribution < -0.4 is 21.2 Å². The SMILES string of the molecule is CCCP(c1cccc2c1NCCC2)c1cccc2c1NCCC2. The first-order valence-electron chi connectivity index (χ1n) is 9.37. The van der Waals surface area contributed by atoms with Gasteiger partial charge in [0.2, 0.25) is 0 Å². The molecule has 2 N–H and O–H groups in total. The number of anilines is 2. The summed E-state index contributed by atoms with van der Waals surface area (Å²) in [4.78, 5) is 0. The molecule has 0 aliphatic carbocycles. The van der Waals surface area contributed by atoms with Gasteiger partial charge in [0.25, 0.3) is 0 Å². The van der Waals surface area contributed by atoms with Crippen molar-refractivity contribution in [2.75, 3.05) is 29.9 Å². The molecule has 24 heavy (non-hydrogen) atoms. The molecule has 2 heterocycles. The Balaban J connectivity index is 1.82. The van der Waals surface area contributed by atoms with E-state index in [1.54, 1.807) is 10.6 Å². The Labute approximate surface area is 146 Å². The molecular formula is C21H27N2P. The first-order valence-corrected chi connectivity index (χ1v) is 10.9. The predicted octanol–water partition coefficient (Wildman–Crippen LogP) is 4.25. The van der Waals surface area contributed by atoms with Crippen LogP contribution in [0.15, 0.2) is 36.4 Å². The standard InChI is InChI=1S/C21H27N2P/c1-2-15-24(18-11-3-7-16-9-5-13-22-20(16)18)19-12-4-8-17-10-6-14-23-21(17)19/h3-4,7-8,11-12,22-23H,2,5-6,9-10,13-15H2,1H3. The fourth-order valence-electron chi connectivity index (χ4n) is 4.03. The minimum atomic E-state index is -0.305. The monoisotopic (exact) mass is 338 g/mol. The molecule has 0 radical (unpaired) electrons. The zero-order chi connectivity index (χ0) is 16.4. The topological polar surface area (TPSA) is 24.1 Å². The summed E-state index contributed by atoms with van der Waals surface area (Å²) in [5, 5.41) is 10.6. The highest BCUT2D eigenvalue weighted by atomic mass is 31.1. The van der Waals surface area contributed by atoms with Crippen molar-refractivity contribution in [3.05, 3.63) is 47.5 Å². The number of rotatable bonds is 4. The number of hydrogen-bond donors (Lipinski definition) is 2. The van der Waals surface area contributed by atoms with Crippen LogP contribution >= 0.6 is 7.92 Å². The molecule has 0 saturated heterocycles. The van der Waals surface area contributed by atoms with Gasteiger partial charge < -0.3 is 10.6 Å². The molecule has 126 valence electrons. The maximum atomic E-state index is 3.72. The summed E-state index contributed by atoms with van der Waals surface area (Å²) >= 11 is 0. The Morgan fingerprint density at radius 1 is 0.833 bits per heavy atom. The Kier molecular flexibility index (Phi) is 4.76. The highest BCUT2D eigenvalue weighted by molar-refractivity contribution is 7.73. The van der Waals surface area contributed by atoms with Crippen molar-refractivity contribution >= 4 is 29.9 Å². The highest BCUT2D eigenvalue weighted by Crippen LogP contribution is 2.42. The van der Waals surface area contributed by atoms with Crippen molar-refractivity contribution in [1.82, 2.24) is 0 Å². The van der Waals surface area contributed by atoms with E-state index < -0.39 is 0 Å². The molecule has 2 nitrogen and oxygen atoms in total. The number of aryl methyl sites for hydroxylation is 2. The summed E-state index contributed by atoms with van der Waals surface area (Å²) in [5.41, 5.74) is 5.91. The number of para-hydroxylation sites is 2. The minimum Gasteiger partial charge on any atom is -0.384 e. The Morgan fingerprint density at radius 3 is 1.88 bits per heavy atom. The summed E-state index contributed by atoms with van der Waals surface area (Å²) in [6, 6.07) is 13.9. The van der Waals surface area contributed by atoms with E-state index in [0.717, 1.165) is 13.1 Å². The van der Waals surface area contributed by atoms with Crippen LogP contribution in [0.25, 0.3) is 0 Å². The fraction of sp³-hybridized carbons (Fsp3) is 0.429. The molecule has 0 saturated carbocycles. The molecule has 2 aliphatic heterocycles. The van der Waals surface area contributed by atoms with Crippen LogP contribution in [0.2, 0.25) is 0 Å². The summed E-state index contributed by atoms with van der Waals surface area (Å²) in [7, 11) is -0.305. The largest absolute Gasteiger partial charge is 0.384 e. The van der Waals surface area contributed by atoms with E-state index in [2.05, 4.69) is 54.0 Å². The fourth-order valence-corrected chi connectivity index (χ4v) is 6.73. The molecule has 0 fully saturated rings. The van der Waals surface area contributed by atoms with E-state index in [0.29, 0.717) is 0 Å². The summed E-state index contributed by atoms with van der Waals surface area (Å²) in [5.74, 6) is 0. The van der Waals surface area contributed by atoms with E-state index in [9.17, 15) is 0 Å². The summed E-state index contributed by atoms with van der Waals surface area (Å²) < 4.78 is 0. The number of hydrogen-bond acceptors (Lipinski definition) is 2. The second kappa shape index (κ2) is 7.15. The van der Waals surface area contributed by atoms with Crippen molar-refractivity contribution < 1.29 is 0 Å². The molecule has 3 heteroatoms. The van der Waals surface area contributed by atoms with Crippen LogP contribution in [0, 0.1) is 0 Å². The molecule has 0 amide bonds. The Hall–Kier alpha value is -1.53. The second-order valence-electron chi connectivity index (χ2n) is 6.83. The van der Waals surface area contributed by atoms with Crippen molar-refractivity contribution in [3.8, 4) is 0 Å². The minimum absolute atomic E-state index is 0.305. The van der Waals surface area contributed by atoms with E-state index >= 15 is 0 Å². The first kappa shape index (κ1) is 16.0. The molecule has 0 unspecified atom stereocenters. The molecule has 2 aromatic carbocycles. The second-order valence-corrected chi connectivity index (χ2v) is 9.10. The third-order valence-electron chi connectivity index (χ3n) is 5.14. The van der Waals surface area contributed by atoms with E-state index in [4.69, 9.17) is 0 Å². The number of benzene rings is 2. The van der Waals surface area contributed by atoms with Gasteiger partial charge in [0.15, 0.2) is 0 Å². The van der Waals surface area contributed by atoms with Crippen LogP contribution in [0.5, 0.6) is 0 Å². The van der Waals surface area contributed by atoms with E-state index in [1.807, 2.05) is 0 Å². The van der Waals surface area contributed by atoms with Crippen LogP contribution in [0.1, 0.15) is 37.3 Å². The van der Waals surface area contributed by atoms with Crippen LogP contribution in [0.4, 0.5) is 11.4 Å². The maximum Gasteiger partial charge on any atom is 0.0454 e. The van der Waals surface area contributed by atoms with Crippen LogP contribution in [0.3, 0.4) is 0 Å². The zero-order valence-corrected chi connectivity index (χ0v) is 15.5. The summed E-state index contributed by atoms with van der Waals surface area (Å²) in [6.07, 6.45) is 7.45. The van der Waals surface area contributed by atoms with Crippen molar-refractivity contribution in [2.24, 2.45) is 0 Å². The molecular weight excluding hydrogens is 311 g/mol. The van der Waals surface area contributed by atoms with Gasteiger partial charge in [-0.1, -0.05) is 49.7 Å². The van der Waals surface area contributed by atoms with Gasteiger partial charge in [-0.3, -0.25) is 0 Å².